The first-order valence-corrected chi connectivity index (χ1v) is 6.38. The van der Waals surface area contributed by atoms with Gasteiger partial charge >= 0.3 is 0 Å². The molecular formula is C17H10N4. The standard InChI is InChI=1S/C17H10N4/c18-10-15(11-19)17(13-6-2-1-3-7-13)21-16-9-5-4-8-14(16)12-20-21/h1-9,12H. The highest BCUT2D eigenvalue weighted by Gasteiger charge is 2.14. The van der Waals surface area contributed by atoms with Gasteiger partial charge in [-0.3, -0.25) is 0 Å². The Morgan fingerprint density at radius 1 is 0.905 bits per heavy atom. The number of hydrogen-bond acceptors (Lipinski definition) is 3. The van der Waals surface area contributed by atoms with Crippen molar-refractivity contribution in [2.45, 2.75) is 0 Å². The molecule has 0 fully saturated rings. The summed E-state index contributed by atoms with van der Waals surface area (Å²) in [5.41, 5.74) is 2.18. The van der Waals surface area contributed by atoms with Gasteiger partial charge in [-0.2, -0.15) is 15.6 Å². The van der Waals surface area contributed by atoms with E-state index in [1.807, 2.05) is 66.7 Å². The second-order valence-corrected chi connectivity index (χ2v) is 4.43. The lowest BCUT2D eigenvalue weighted by atomic mass is 10.1. The minimum atomic E-state index is 0.0371. The van der Waals surface area contributed by atoms with E-state index < -0.39 is 0 Å². The van der Waals surface area contributed by atoms with E-state index in [9.17, 15) is 10.5 Å². The number of aromatic nitrogens is 2. The fourth-order valence-electron chi connectivity index (χ4n) is 2.25. The number of nitriles is 2. The van der Waals surface area contributed by atoms with E-state index in [4.69, 9.17) is 0 Å². The van der Waals surface area contributed by atoms with Crippen molar-refractivity contribution in [1.82, 2.24) is 9.78 Å². The predicted octanol–water partition coefficient (Wildman–Crippen LogP) is 3.34. The van der Waals surface area contributed by atoms with Crippen LogP contribution in [0.25, 0.3) is 16.6 Å². The molecule has 0 saturated carbocycles. The summed E-state index contributed by atoms with van der Waals surface area (Å²) in [6, 6.07) is 21.0. The highest BCUT2D eigenvalue weighted by atomic mass is 15.3. The van der Waals surface area contributed by atoms with Crippen molar-refractivity contribution in [1.29, 1.82) is 10.5 Å². The van der Waals surface area contributed by atoms with Crippen LogP contribution >= 0.6 is 0 Å². The Balaban J connectivity index is 2.35. The Labute approximate surface area is 121 Å². The third-order valence-corrected chi connectivity index (χ3v) is 3.20. The molecule has 0 amide bonds. The molecule has 0 aliphatic heterocycles. The summed E-state index contributed by atoms with van der Waals surface area (Å²) in [5, 5.41) is 23.8. The summed E-state index contributed by atoms with van der Waals surface area (Å²) >= 11 is 0. The fraction of sp³-hybridized carbons (Fsp3) is 0. The molecule has 3 aromatic rings. The average Bonchev–Trinajstić information content (AvgIpc) is 2.97. The third-order valence-electron chi connectivity index (χ3n) is 3.20. The lowest BCUT2D eigenvalue weighted by molar-refractivity contribution is 0.931. The number of para-hydroxylation sites is 1. The van der Waals surface area contributed by atoms with Gasteiger partial charge in [-0.25, -0.2) is 4.68 Å². The number of allylic oxidation sites excluding steroid dienone is 1. The molecule has 98 valence electrons. The van der Waals surface area contributed by atoms with Crippen molar-refractivity contribution in [3.05, 3.63) is 71.9 Å². The maximum absolute atomic E-state index is 9.26. The third kappa shape index (κ3) is 2.16. The molecule has 3 rings (SSSR count). The van der Waals surface area contributed by atoms with Crippen LogP contribution in [-0.4, -0.2) is 9.78 Å². The second kappa shape index (κ2) is 5.32. The number of nitrogens with zero attached hydrogens (tertiary/aromatic N) is 4. The summed E-state index contributed by atoms with van der Waals surface area (Å²) in [5.74, 6) is 0. The number of fused-ring (bicyclic) bond motifs is 1. The molecule has 0 atom stereocenters. The minimum absolute atomic E-state index is 0.0371. The summed E-state index contributed by atoms with van der Waals surface area (Å²) in [7, 11) is 0. The molecule has 0 spiro atoms. The van der Waals surface area contributed by atoms with Crippen molar-refractivity contribution in [3.8, 4) is 12.1 Å². The summed E-state index contributed by atoms with van der Waals surface area (Å²) in [6.07, 6.45) is 1.73. The van der Waals surface area contributed by atoms with E-state index in [1.165, 1.54) is 0 Å². The molecule has 0 aliphatic rings. The molecule has 1 aromatic heterocycles. The molecule has 0 saturated heterocycles. The van der Waals surface area contributed by atoms with Crippen LogP contribution in [0.5, 0.6) is 0 Å². The normalized spacial score (nSPS) is 9.81. The minimum Gasteiger partial charge on any atom is -0.230 e. The SMILES string of the molecule is N#CC(C#N)=C(c1ccccc1)n1ncc2ccccc21. The topological polar surface area (TPSA) is 65.4 Å². The average molecular weight is 270 g/mol. The summed E-state index contributed by atoms with van der Waals surface area (Å²) in [4.78, 5) is 0. The molecule has 0 N–H and O–H groups in total. The fourth-order valence-corrected chi connectivity index (χ4v) is 2.25. The molecule has 1 heterocycles. The van der Waals surface area contributed by atoms with Crippen LogP contribution < -0.4 is 0 Å². The molecule has 0 unspecified atom stereocenters. The van der Waals surface area contributed by atoms with Gasteiger partial charge in [-0.05, 0) is 6.07 Å². The molecule has 21 heavy (non-hydrogen) atoms. The van der Waals surface area contributed by atoms with Crippen LogP contribution in [0.2, 0.25) is 0 Å². The Kier molecular flexibility index (Phi) is 3.21. The van der Waals surface area contributed by atoms with Crippen LogP contribution in [0.4, 0.5) is 0 Å². The van der Waals surface area contributed by atoms with Crippen LogP contribution in [0.3, 0.4) is 0 Å². The van der Waals surface area contributed by atoms with Gasteiger partial charge in [-0.1, -0.05) is 48.5 Å². The van der Waals surface area contributed by atoms with Crippen LogP contribution in [-0.2, 0) is 0 Å². The highest BCUT2D eigenvalue weighted by molar-refractivity contribution is 5.86. The van der Waals surface area contributed by atoms with Gasteiger partial charge < -0.3 is 0 Å². The van der Waals surface area contributed by atoms with E-state index in [0.717, 1.165) is 16.5 Å². The Hall–Kier alpha value is -3.37. The molecule has 2 aromatic carbocycles. The quantitative estimate of drug-likeness (QED) is 0.671. The summed E-state index contributed by atoms with van der Waals surface area (Å²) < 4.78 is 1.65. The molecule has 0 bridgehead atoms. The van der Waals surface area contributed by atoms with Crippen molar-refractivity contribution < 1.29 is 0 Å². The number of hydrogen-bond donors (Lipinski definition) is 0. The Bertz CT molecular complexity index is 889. The lowest BCUT2D eigenvalue weighted by Gasteiger charge is -2.09. The van der Waals surface area contributed by atoms with Crippen molar-refractivity contribution in [2.24, 2.45) is 0 Å². The first-order valence-electron chi connectivity index (χ1n) is 6.38. The number of benzene rings is 2. The monoisotopic (exact) mass is 270 g/mol. The first-order chi connectivity index (χ1) is 10.3. The van der Waals surface area contributed by atoms with E-state index in [-0.39, 0.29) is 5.57 Å². The van der Waals surface area contributed by atoms with Gasteiger partial charge in [0.25, 0.3) is 0 Å². The molecule has 0 aliphatic carbocycles. The van der Waals surface area contributed by atoms with E-state index >= 15 is 0 Å². The predicted molar refractivity (Wildman–Crippen MR) is 79.7 cm³/mol. The number of rotatable bonds is 2. The highest BCUT2D eigenvalue weighted by Crippen LogP contribution is 2.24. The zero-order valence-corrected chi connectivity index (χ0v) is 11.1. The molecular weight excluding hydrogens is 260 g/mol. The Morgan fingerprint density at radius 3 is 2.29 bits per heavy atom. The second-order valence-electron chi connectivity index (χ2n) is 4.43. The maximum atomic E-state index is 9.26. The largest absolute Gasteiger partial charge is 0.230 e. The van der Waals surface area contributed by atoms with Gasteiger partial charge in [0.05, 0.1) is 11.7 Å². The maximum Gasteiger partial charge on any atom is 0.155 e. The van der Waals surface area contributed by atoms with Crippen molar-refractivity contribution >= 4 is 16.6 Å². The van der Waals surface area contributed by atoms with Gasteiger partial charge in [0.1, 0.15) is 17.8 Å². The van der Waals surface area contributed by atoms with E-state index in [1.54, 1.807) is 10.9 Å². The molecule has 4 nitrogen and oxygen atoms in total. The van der Waals surface area contributed by atoms with Gasteiger partial charge in [0.2, 0.25) is 0 Å². The Morgan fingerprint density at radius 2 is 1.57 bits per heavy atom. The van der Waals surface area contributed by atoms with Crippen LogP contribution in [0, 0.1) is 22.7 Å². The molecule has 4 heteroatoms. The first kappa shape index (κ1) is 12.7. The lowest BCUT2D eigenvalue weighted by Crippen LogP contribution is -2.03. The van der Waals surface area contributed by atoms with E-state index in [0.29, 0.717) is 5.70 Å². The smallest absolute Gasteiger partial charge is 0.155 e. The van der Waals surface area contributed by atoms with Gasteiger partial charge in [0.15, 0.2) is 5.57 Å². The van der Waals surface area contributed by atoms with Crippen LogP contribution in [0.1, 0.15) is 5.56 Å². The van der Waals surface area contributed by atoms with E-state index in [2.05, 4.69) is 5.10 Å². The molecule has 0 radical (unpaired) electrons. The van der Waals surface area contributed by atoms with Crippen molar-refractivity contribution in [2.75, 3.05) is 0 Å². The van der Waals surface area contributed by atoms with Crippen LogP contribution in [0.15, 0.2) is 66.4 Å². The van der Waals surface area contributed by atoms with Gasteiger partial charge in [-0.15, -0.1) is 0 Å². The van der Waals surface area contributed by atoms with Crippen molar-refractivity contribution in [3.63, 3.8) is 0 Å². The zero-order valence-electron chi connectivity index (χ0n) is 11.1. The zero-order chi connectivity index (χ0) is 14.7. The summed E-state index contributed by atoms with van der Waals surface area (Å²) in [6.45, 7) is 0. The van der Waals surface area contributed by atoms with Gasteiger partial charge in [0, 0.05) is 10.9 Å².